The molecule has 4 aromatic rings. The van der Waals surface area contributed by atoms with Crippen LogP contribution >= 0.6 is 12.2 Å². The first-order valence-electron chi connectivity index (χ1n) is 10.4. The highest BCUT2D eigenvalue weighted by atomic mass is 32.1. The van der Waals surface area contributed by atoms with Crippen molar-refractivity contribution in [3.05, 3.63) is 107 Å². The predicted octanol–water partition coefficient (Wildman–Crippen LogP) is 6.16. The zero-order valence-electron chi connectivity index (χ0n) is 18.1. The molecule has 0 aliphatic carbocycles. The first-order chi connectivity index (χ1) is 16.8. The maximum atomic E-state index is 14.1. The quantitative estimate of drug-likeness (QED) is 0.270. The van der Waals surface area contributed by atoms with Gasteiger partial charge < -0.3 is 9.84 Å². The monoisotopic (exact) mass is 496 g/mol. The standard InChI is InChI=1S/C25H16F4N4OS/c1-13-21(24-31-23(32-34-24)14-5-7-16(26)8-6-14)22(15-3-2-4-17(27)9-15)30-25(35)33(13)20-11-18(28)10-19(29)12-20/h2-12,22H,1H3,(H,30,35). The Labute approximate surface area is 202 Å². The number of hydrogen-bond donors (Lipinski definition) is 1. The van der Waals surface area contributed by atoms with Crippen molar-refractivity contribution < 1.29 is 22.1 Å². The van der Waals surface area contributed by atoms with E-state index >= 15 is 0 Å². The largest absolute Gasteiger partial charge is 0.351 e. The molecule has 0 amide bonds. The maximum Gasteiger partial charge on any atom is 0.258 e. The highest BCUT2D eigenvalue weighted by molar-refractivity contribution is 7.80. The van der Waals surface area contributed by atoms with E-state index in [4.69, 9.17) is 16.7 Å². The molecule has 2 heterocycles. The summed E-state index contributed by atoms with van der Waals surface area (Å²) >= 11 is 5.52. The Hall–Kier alpha value is -4.05. The van der Waals surface area contributed by atoms with Crippen molar-refractivity contribution >= 4 is 28.6 Å². The van der Waals surface area contributed by atoms with Gasteiger partial charge in [0.05, 0.1) is 17.3 Å². The Morgan fingerprint density at radius 2 is 1.60 bits per heavy atom. The van der Waals surface area contributed by atoms with Gasteiger partial charge >= 0.3 is 0 Å². The van der Waals surface area contributed by atoms with Gasteiger partial charge in [0.1, 0.15) is 23.3 Å². The minimum atomic E-state index is -0.777. The number of hydrogen-bond acceptors (Lipinski definition) is 4. The summed E-state index contributed by atoms with van der Waals surface area (Å²) in [5.74, 6) is -2.14. The minimum absolute atomic E-state index is 0.0768. The summed E-state index contributed by atoms with van der Waals surface area (Å²) in [5.41, 5.74) is 2.06. The van der Waals surface area contributed by atoms with E-state index in [-0.39, 0.29) is 22.5 Å². The van der Waals surface area contributed by atoms with Crippen molar-refractivity contribution in [1.29, 1.82) is 0 Å². The maximum absolute atomic E-state index is 14.1. The summed E-state index contributed by atoms with van der Waals surface area (Å²) in [6.45, 7) is 1.68. The second kappa shape index (κ2) is 8.95. The summed E-state index contributed by atoms with van der Waals surface area (Å²) in [5, 5.41) is 7.24. The number of allylic oxidation sites excluding steroid dienone is 1. The Morgan fingerprint density at radius 1 is 0.886 bits per heavy atom. The summed E-state index contributed by atoms with van der Waals surface area (Å²) in [6.07, 6.45) is 0. The van der Waals surface area contributed by atoms with E-state index in [2.05, 4.69) is 15.5 Å². The highest BCUT2D eigenvalue weighted by Gasteiger charge is 2.35. The molecule has 0 saturated carbocycles. The summed E-state index contributed by atoms with van der Waals surface area (Å²) in [4.78, 5) is 5.90. The topological polar surface area (TPSA) is 54.2 Å². The van der Waals surface area contributed by atoms with Crippen molar-refractivity contribution in [3.63, 3.8) is 0 Å². The van der Waals surface area contributed by atoms with E-state index in [1.807, 2.05) is 0 Å². The van der Waals surface area contributed by atoms with E-state index in [1.165, 1.54) is 41.3 Å². The molecule has 1 aliphatic rings. The Bertz CT molecular complexity index is 1450. The Morgan fingerprint density at radius 3 is 2.29 bits per heavy atom. The molecule has 5 rings (SSSR count). The molecule has 1 aliphatic heterocycles. The Balaban J connectivity index is 1.67. The lowest BCUT2D eigenvalue weighted by molar-refractivity contribution is 0.404. The van der Waals surface area contributed by atoms with Gasteiger partial charge in [0, 0.05) is 17.3 Å². The van der Waals surface area contributed by atoms with Crippen LogP contribution in [0.2, 0.25) is 0 Å². The molecule has 0 saturated heterocycles. The molecule has 0 radical (unpaired) electrons. The van der Waals surface area contributed by atoms with Crippen LogP contribution in [0.3, 0.4) is 0 Å². The van der Waals surface area contributed by atoms with Gasteiger partial charge in [-0.05, 0) is 73.2 Å². The van der Waals surface area contributed by atoms with Gasteiger partial charge in [-0.1, -0.05) is 17.3 Å². The third-order valence-corrected chi connectivity index (χ3v) is 5.83. The van der Waals surface area contributed by atoms with E-state index in [0.29, 0.717) is 22.4 Å². The lowest BCUT2D eigenvalue weighted by Crippen LogP contribution is -2.46. The van der Waals surface area contributed by atoms with E-state index in [1.54, 1.807) is 19.1 Å². The van der Waals surface area contributed by atoms with Crippen LogP contribution in [0.15, 0.2) is 77.0 Å². The zero-order chi connectivity index (χ0) is 24.7. The third-order valence-electron chi connectivity index (χ3n) is 5.53. The lowest BCUT2D eigenvalue weighted by atomic mass is 9.94. The molecule has 10 heteroatoms. The number of halogens is 4. The third kappa shape index (κ3) is 4.40. The first-order valence-corrected chi connectivity index (χ1v) is 10.8. The van der Waals surface area contributed by atoms with Crippen LogP contribution in [0.5, 0.6) is 0 Å². The van der Waals surface area contributed by atoms with Crippen molar-refractivity contribution in [3.8, 4) is 11.4 Å². The summed E-state index contributed by atoms with van der Waals surface area (Å²) in [6, 6.07) is 13.8. The van der Waals surface area contributed by atoms with E-state index in [9.17, 15) is 17.6 Å². The van der Waals surface area contributed by atoms with E-state index < -0.39 is 29.3 Å². The van der Waals surface area contributed by atoms with Gasteiger partial charge in [-0.2, -0.15) is 4.98 Å². The number of anilines is 1. The van der Waals surface area contributed by atoms with Gasteiger partial charge in [-0.15, -0.1) is 0 Å². The number of nitrogens with zero attached hydrogens (tertiary/aromatic N) is 3. The minimum Gasteiger partial charge on any atom is -0.351 e. The van der Waals surface area contributed by atoms with Crippen LogP contribution in [0.4, 0.5) is 23.2 Å². The summed E-state index contributed by atoms with van der Waals surface area (Å²) < 4.78 is 61.0. The van der Waals surface area contributed by atoms with Crippen LogP contribution in [-0.4, -0.2) is 15.3 Å². The van der Waals surface area contributed by atoms with Gasteiger partial charge in [-0.25, -0.2) is 17.6 Å². The molecule has 0 bridgehead atoms. The molecule has 35 heavy (non-hydrogen) atoms. The van der Waals surface area contributed by atoms with Crippen molar-refractivity contribution in [2.45, 2.75) is 13.0 Å². The van der Waals surface area contributed by atoms with Crippen molar-refractivity contribution in [2.75, 3.05) is 4.90 Å². The molecule has 1 atom stereocenters. The number of thiocarbonyl (C=S) groups is 1. The lowest BCUT2D eigenvalue weighted by Gasteiger charge is -2.37. The molecule has 0 spiro atoms. The molecule has 3 aromatic carbocycles. The molecule has 1 N–H and O–H groups in total. The number of aromatic nitrogens is 2. The van der Waals surface area contributed by atoms with Crippen molar-refractivity contribution in [2.24, 2.45) is 0 Å². The number of benzene rings is 3. The van der Waals surface area contributed by atoms with Crippen LogP contribution in [0.25, 0.3) is 17.0 Å². The van der Waals surface area contributed by atoms with Gasteiger partial charge in [0.2, 0.25) is 5.82 Å². The molecule has 176 valence electrons. The molecule has 0 fully saturated rings. The van der Waals surface area contributed by atoms with Gasteiger partial charge in [0.15, 0.2) is 5.11 Å². The smallest absolute Gasteiger partial charge is 0.258 e. The van der Waals surface area contributed by atoms with Crippen LogP contribution in [0.1, 0.15) is 24.4 Å². The average Bonchev–Trinajstić information content (AvgIpc) is 3.28. The number of nitrogens with one attached hydrogen (secondary N) is 1. The normalized spacial score (nSPS) is 16.0. The van der Waals surface area contributed by atoms with Gasteiger partial charge in [-0.3, -0.25) is 4.90 Å². The number of rotatable bonds is 4. The van der Waals surface area contributed by atoms with Gasteiger partial charge in [0.25, 0.3) is 5.89 Å². The first kappa shape index (κ1) is 22.7. The molecule has 1 aromatic heterocycles. The highest BCUT2D eigenvalue weighted by Crippen LogP contribution is 2.39. The predicted molar refractivity (Wildman–Crippen MR) is 126 cm³/mol. The van der Waals surface area contributed by atoms with E-state index in [0.717, 1.165) is 18.2 Å². The zero-order valence-corrected chi connectivity index (χ0v) is 18.9. The fourth-order valence-corrected chi connectivity index (χ4v) is 4.34. The van der Waals surface area contributed by atoms with Crippen LogP contribution in [0, 0.1) is 23.3 Å². The molecule has 5 nitrogen and oxygen atoms in total. The second-order valence-corrected chi connectivity index (χ2v) is 8.22. The molecular weight excluding hydrogens is 480 g/mol. The van der Waals surface area contributed by atoms with Crippen LogP contribution in [-0.2, 0) is 0 Å². The average molecular weight is 496 g/mol. The fraction of sp³-hybridized carbons (Fsp3) is 0.0800. The molecule has 1 unspecified atom stereocenters. The van der Waals surface area contributed by atoms with Crippen molar-refractivity contribution in [1.82, 2.24) is 15.5 Å². The fourth-order valence-electron chi connectivity index (χ4n) is 3.98. The SMILES string of the molecule is CC1=C(c2nc(-c3ccc(F)cc3)no2)C(c2cccc(F)c2)NC(=S)N1c1cc(F)cc(F)c1. The van der Waals surface area contributed by atoms with Crippen LogP contribution < -0.4 is 10.2 Å². The second-order valence-electron chi connectivity index (χ2n) is 7.83. The summed E-state index contributed by atoms with van der Waals surface area (Å²) in [7, 11) is 0. The Kier molecular flexibility index (Phi) is 5.81. The molecular formula is C25H16F4N4OS.